The van der Waals surface area contributed by atoms with Gasteiger partial charge in [-0.1, -0.05) is 78.9 Å². The van der Waals surface area contributed by atoms with E-state index in [1.165, 1.54) is 10.9 Å². The zero-order valence-electron chi connectivity index (χ0n) is 32.5. The highest BCUT2D eigenvalue weighted by Gasteiger charge is 2.56. The molecule has 17 nitrogen and oxygen atoms in total. The predicted molar refractivity (Wildman–Crippen MR) is 212 cm³/mol. The molecule has 5 N–H and O–H groups in total. The van der Waals surface area contributed by atoms with Crippen molar-refractivity contribution in [1.82, 2.24) is 24.4 Å². The average Bonchev–Trinajstić information content (AvgIpc) is 3.98. The number of aromatic amines is 1. The van der Waals surface area contributed by atoms with Crippen LogP contribution in [0.3, 0.4) is 0 Å². The smallest absolute Gasteiger partial charge is 0.420 e. The summed E-state index contributed by atoms with van der Waals surface area (Å²) in [6, 6.07) is 23.1. The van der Waals surface area contributed by atoms with Crippen molar-refractivity contribution in [3.63, 3.8) is 0 Å². The number of fused-ring (bicyclic) bond motifs is 5. The van der Waals surface area contributed by atoms with Crippen LogP contribution < -0.4 is 16.6 Å². The minimum atomic E-state index is -1.48. The van der Waals surface area contributed by atoms with Crippen molar-refractivity contribution in [2.75, 3.05) is 25.1 Å². The number of aliphatic hydroxyl groups excluding tert-OH is 1. The van der Waals surface area contributed by atoms with Crippen LogP contribution in [0, 0.1) is 0 Å². The van der Waals surface area contributed by atoms with Gasteiger partial charge in [-0.25, -0.2) is 14.6 Å². The molecule has 17 heteroatoms. The molecule has 3 aliphatic rings. The lowest BCUT2D eigenvalue weighted by atomic mass is 9.98. The summed E-state index contributed by atoms with van der Waals surface area (Å²) in [6.07, 6.45) is -2.98. The molecule has 0 spiro atoms. The van der Waals surface area contributed by atoms with Gasteiger partial charge >= 0.3 is 12.2 Å². The number of nitrogens with one attached hydrogen (secondary N) is 2. The molecule has 8 rings (SSSR count). The number of unbranched alkanes of at least 4 members (excludes halogenated alkanes) is 1. The SMILES string of the molecule is CC1(C)O[C@@H]2[C@H](O1)[C@@H](CO)O[C@H]2n1cnc2c(=O)[nH]c(NC(=O)[C@H](CCCCN)N(C(=O)OCc3ccccc3)C(=O)OCC3c4ccccc4-c4ccccc43)nc21. The summed E-state index contributed by atoms with van der Waals surface area (Å²) in [7, 11) is 0. The molecule has 0 saturated carbocycles. The summed E-state index contributed by atoms with van der Waals surface area (Å²) >= 11 is 0. The number of ether oxygens (including phenoxy) is 5. The Hall–Kier alpha value is -5.98. The molecule has 0 unspecified atom stereocenters. The van der Waals surface area contributed by atoms with Crippen molar-refractivity contribution in [3.05, 3.63) is 112 Å². The maximum absolute atomic E-state index is 14.4. The van der Waals surface area contributed by atoms with Crippen LogP contribution in [-0.4, -0.2) is 97.5 Å². The molecule has 2 aliphatic heterocycles. The van der Waals surface area contributed by atoms with Crippen LogP contribution >= 0.6 is 0 Å². The van der Waals surface area contributed by atoms with Gasteiger partial charge in [-0.05, 0) is 67.5 Å². The number of hydrogen-bond donors (Lipinski definition) is 4. The number of hydrogen-bond acceptors (Lipinski definition) is 13. The van der Waals surface area contributed by atoms with Crippen LogP contribution in [-0.2, 0) is 35.1 Å². The molecule has 5 atom stereocenters. The molecule has 308 valence electrons. The zero-order valence-corrected chi connectivity index (χ0v) is 32.5. The van der Waals surface area contributed by atoms with Gasteiger partial charge < -0.3 is 34.5 Å². The Morgan fingerprint density at radius 2 is 1.61 bits per heavy atom. The van der Waals surface area contributed by atoms with Gasteiger partial charge in [0.05, 0.1) is 12.9 Å². The first-order valence-corrected chi connectivity index (χ1v) is 19.5. The molecule has 59 heavy (non-hydrogen) atoms. The Labute approximate surface area is 338 Å². The summed E-state index contributed by atoms with van der Waals surface area (Å²) in [5.41, 5.74) is 9.72. The van der Waals surface area contributed by atoms with E-state index in [4.69, 9.17) is 29.4 Å². The van der Waals surface area contributed by atoms with Crippen molar-refractivity contribution < 1.29 is 43.2 Å². The molecule has 3 aromatic carbocycles. The number of benzene rings is 3. The standard InChI is InChI=1S/C42H45N7O10/c1-42(2)58-33-31(20-50)57-38(34(33)59-42)48-23-44-32-35(48)45-39(47-37(32)52)46-36(51)30(18-10-11-19-43)49(40(53)55-21-24-12-4-3-5-13-24)41(54)56-22-29-27-16-8-6-14-25(27)26-15-7-9-17-28(26)29/h3-9,12-17,23,29-31,33-34,38,50H,10-11,18-22,43H2,1-2H3,(H2,45,46,47,51,52)/t30-,31+,33+,34+,38+/m0/s1. The fourth-order valence-corrected chi connectivity index (χ4v) is 8.04. The summed E-state index contributed by atoms with van der Waals surface area (Å²) < 4.78 is 31.2. The number of aromatic nitrogens is 4. The van der Waals surface area contributed by atoms with Crippen LogP contribution in [0.2, 0.25) is 0 Å². The van der Waals surface area contributed by atoms with Crippen molar-refractivity contribution in [2.24, 2.45) is 5.73 Å². The van der Waals surface area contributed by atoms with Crippen LogP contribution in [0.25, 0.3) is 22.3 Å². The molecule has 1 aliphatic carbocycles. The number of carbonyl (C=O) groups is 3. The number of imidazole rings is 1. The molecular weight excluding hydrogens is 763 g/mol. The van der Waals surface area contributed by atoms with Gasteiger partial charge in [0.15, 0.2) is 23.2 Å². The van der Waals surface area contributed by atoms with E-state index in [9.17, 15) is 24.3 Å². The Kier molecular flexibility index (Phi) is 11.3. The first-order valence-electron chi connectivity index (χ1n) is 19.5. The lowest BCUT2D eigenvalue weighted by Crippen LogP contribution is -2.51. The summed E-state index contributed by atoms with van der Waals surface area (Å²) in [4.78, 5) is 68.0. The summed E-state index contributed by atoms with van der Waals surface area (Å²) in [5.74, 6) is -2.44. The van der Waals surface area contributed by atoms with Crippen LogP contribution in [0.1, 0.15) is 61.9 Å². The molecule has 3 amide bonds. The molecule has 2 saturated heterocycles. The van der Waals surface area contributed by atoms with E-state index in [0.29, 0.717) is 29.8 Å². The van der Waals surface area contributed by atoms with Crippen molar-refractivity contribution in [1.29, 1.82) is 0 Å². The van der Waals surface area contributed by atoms with Gasteiger partial charge in [0.2, 0.25) is 11.9 Å². The van der Waals surface area contributed by atoms with Crippen molar-refractivity contribution >= 4 is 35.2 Å². The lowest BCUT2D eigenvalue weighted by molar-refractivity contribution is -0.199. The van der Waals surface area contributed by atoms with Gasteiger partial charge in [0.1, 0.15) is 37.6 Å². The third-order valence-corrected chi connectivity index (χ3v) is 10.7. The topological polar surface area (TPSA) is 222 Å². The minimum absolute atomic E-state index is 0.0211. The first-order chi connectivity index (χ1) is 28.6. The number of H-pyrrole nitrogens is 1. The first kappa shape index (κ1) is 39.8. The maximum atomic E-state index is 14.4. The predicted octanol–water partition coefficient (Wildman–Crippen LogP) is 4.55. The number of amides is 3. The van der Waals surface area contributed by atoms with Crippen molar-refractivity contribution in [3.8, 4) is 11.1 Å². The number of nitrogens with two attached hydrogens (primary N) is 1. The quantitative estimate of drug-likeness (QED) is 0.120. The second kappa shape index (κ2) is 16.7. The number of aliphatic hydroxyl groups is 1. The van der Waals surface area contributed by atoms with E-state index in [1.807, 2.05) is 54.6 Å². The van der Waals surface area contributed by atoms with E-state index < -0.39 is 60.0 Å². The Bertz CT molecular complexity index is 2360. The Balaban J connectivity index is 1.08. The molecule has 4 heterocycles. The molecule has 2 aromatic heterocycles. The third kappa shape index (κ3) is 7.94. The van der Waals surface area contributed by atoms with Gasteiger partial charge in [0, 0.05) is 5.92 Å². The average molecular weight is 808 g/mol. The largest absolute Gasteiger partial charge is 0.448 e. The van der Waals surface area contributed by atoms with Gasteiger partial charge in [-0.3, -0.25) is 24.5 Å². The number of anilines is 1. The summed E-state index contributed by atoms with van der Waals surface area (Å²) in [6.45, 7) is 3.11. The van der Waals surface area contributed by atoms with Crippen LogP contribution in [0.15, 0.2) is 90.0 Å². The van der Waals surface area contributed by atoms with E-state index in [-0.39, 0.29) is 49.3 Å². The lowest BCUT2D eigenvalue weighted by Gasteiger charge is -2.28. The Morgan fingerprint density at radius 1 is 0.949 bits per heavy atom. The van der Waals surface area contributed by atoms with Gasteiger partial charge in [0.25, 0.3) is 5.56 Å². The van der Waals surface area contributed by atoms with E-state index in [2.05, 4.69) is 20.3 Å². The monoisotopic (exact) mass is 807 g/mol. The fourth-order valence-electron chi connectivity index (χ4n) is 8.04. The molecule has 2 fully saturated rings. The highest BCUT2D eigenvalue weighted by molar-refractivity contribution is 6.00. The Morgan fingerprint density at radius 3 is 2.31 bits per heavy atom. The summed E-state index contributed by atoms with van der Waals surface area (Å²) in [5, 5.41) is 12.6. The van der Waals surface area contributed by atoms with Gasteiger partial charge in [-0.2, -0.15) is 9.88 Å². The van der Waals surface area contributed by atoms with Crippen molar-refractivity contribution in [2.45, 2.75) is 82.0 Å². The number of carbonyl (C=O) groups excluding carboxylic acids is 3. The molecular formula is C42H45N7O10. The van der Waals surface area contributed by atoms with Crippen LogP contribution in [0.4, 0.5) is 15.5 Å². The molecule has 0 radical (unpaired) electrons. The number of imide groups is 1. The number of rotatable bonds is 13. The van der Waals surface area contributed by atoms with E-state index in [0.717, 1.165) is 22.3 Å². The molecule has 5 aromatic rings. The fraction of sp³-hybridized carbons (Fsp3) is 0.381. The highest BCUT2D eigenvalue weighted by atomic mass is 16.8. The second-order valence-electron chi connectivity index (χ2n) is 15.1. The highest BCUT2D eigenvalue weighted by Crippen LogP contribution is 2.45. The zero-order chi connectivity index (χ0) is 41.3. The van der Waals surface area contributed by atoms with Gasteiger partial charge in [-0.15, -0.1) is 0 Å². The van der Waals surface area contributed by atoms with E-state index in [1.54, 1.807) is 38.1 Å². The number of nitrogens with zero attached hydrogens (tertiary/aromatic N) is 4. The molecule has 0 bridgehead atoms. The third-order valence-electron chi connectivity index (χ3n) is 10.7. The van der Waals surface area contributed by atoms with Crippen LogP contribution in [0.5, 0.6) is 0 Å². The minimum Gasteiger partial charge on any atom is -0.448 e. The maximum Gasteiger partial charge on any atom is 0.420 e. The second-order valence-corrected chi connectivity index (χ2v) is 15.1. The van der Waals surface area contributed by atoms with E-state index >= 15 is 0 Å². The normalized spacial score (nSPS) is 20.7.